The Hall–Kier alpha value is -0.900. The molecule has 0 spiro atoms. The second-order valence-electron chi connectivity index (χ2n) is 3.13. The van der Waals surface area contributed by atoms with Crippen LogP contribution in [0.3, 0.4) is 0 Å². The number of amides is 1. The molecule has 0 aromatic carbocycles. The van der Waals surface area contributed by atoms with Crippen LogP contribution >= 0.6 is 15.9 Å². The molecule has 1 rings (SSSR count). The molecule has 0 saturated carbocycles. The van der Waals surface area contributed by atoms with Crippen LogP contribution in [0.5, 0.6) is 0 Å². The summed E-state index contributed by atoms with van der Waals surface area (Å²) in [6.07, 6.45) is 3.47. The molecule has 0 radical (unpaired) electrons. The molecule has 0 aliphatic rings. The van der Waals surface area contributed by atoms with E-state index in [1.165, 1.54) is 0 Å². The standard InChI is InChI=1S/C10H13BrN2O/c1-7(11)10(14)13-8(2)9-4-3-5-12-6-9/h3-8H,1-2H3,(H,13,14)/t7?,8-/m0/s1. The minimum Gasteiger partial charge on any atom is -0.349 e. The third-order valence-corrected chi connectivity index (χ3v) is 2.32. The van der Waals surface area contributed by atoms with E-state index in [0.29, 0.717) is 0 Å². The number of hydrogen-bond acceptors (Lipinski definition) is 2. The summed E-state index contributed by atoms with van der Waals surface area (Å²) in [5, 5.41) is 2.87. The number of halogens is 1. The zero-order valence-electron chi connectivity index (χ0n) is 8.20. The van der Waals surface area contributed by atoms with Crippen LogP contribution in [-0.4, -0.2) is 15.7 Å². The average molecular weight is 257 g/mol. The van der Waals surface area contributed by atoms with Gasteiger partial charge in [0.25, 0.3) is 0 Å². The summed E-state index contributed by atoms with van der Waals surface area (Å²) in [6, 6.07) is 3.79. The van der Waals surface area contributed by atoms with Crippen LogP contribution in [-0.2, 0) is 4.79 Å². The summed E-state index contributed by atoms with van der Waals surface area (Å²) in [7, 11) is 0. The van der Waals surface area contributed by atoms with E-state index in [-0.39, 0.29) is 16.8 Å². The number of rotatable bonds is 3. The van der Waals surface area contributed by atoms with Gasteiger partial charge in [0, 0.05) is 12.4 Å². The second-order valence-corrected chi connectivity index (χ2v) is 4.51. The maximum absolute atomic E-state index is 11.3. The van der Waals surface area contributed by atoms with Crippen LogP contribution < -0.4 is 5.32 Å². The van der Waals surface area contributed by atoms with Gasteiger partial charge in [-0.1, -0.05) is 22.0 Å². The number of pyridine rings is 1. The van der Waals surface area contributed by atoms with Gasteiger partial charge in [-0.3, -0.25) is 9.78 Å². The molecule has 1 N–H and O–H groups in total. The maximum atomic E-state index is 11.3. The number of nitrogens with one attached hydrogen (secondary N) is 1. The first kappa shape index (κ1) is 11.2. The lowest BCUT2D eigenvalue weighted by molar-refractivity contribution is -0.120. The number of carbonyl (C=O) groups is 1. The molecule has 1 aromatic heterocycles. The number of aromatic nitrogens is 1. The first-order chi connectivity index (χ1) is 6.61. The highest BCUT2D eigenvalue weighted by atomic mass is 79.9. The van der Waals surface area contributed by atoms with Gasteiger partial charge in [0.1, 0.15) is 0 Å². The topological polar surface area (TPSA) is 42.0 Å². The summed E-state index contributed by atoms with van der Waals surface area (Å²) >= 11 is 3.21. The van der Waals surface area contributed by atoms with Gasteiger partial charge in [0.05, 0.1) is 10.9 Å². The molecule has 0 fully saturated rings. The Balaban J connectivity index is 2.59. The molecular formula is C10H13BrN2O. The summed E-state index contributed by atoms with van der Waals surface area (Å²) in [5.41, 5.74) is 1.01. The first-order valence-corrected chi connectivity index (χ1v) is 5.37. The first-order valence-electron chi connectivity index (χ1n) is 4.45. The van der Waals surface area contributed by atoms with Crippen LogP contribution in [0.25, 0.3) is 0 Å². The minimum atomic E-state index is -0.165. The molecule has 0 aliphatic carbocycles. The van der Waals surface area contributed by atoms with E-state index >= 15 is 0 Å². The van der Waals surface area contributed by atoms with E-state index < -0.39 is 0 Å². The van der Waals surface area contributed by atoms with Crippen molar-refractivity contribution in [3.05, 3.63) is 30.1 Å². The van der Waals surface area contributed by atoms with Gasteiger partial charge in [0.15, 0.2) is 0 Å². The zero-order valence-corrected chi connectivity index (χ0v) is 9.78. The highest BCUT2D eigenvalue weighted by molar-refractivity contribution is 9.10. The molecule has 1 amide bonds. The summed E-state index contributed by atoms with van der Waals surface area (Å²) in [5.74, 6) is -0.0126. The molecule has 3 nitrogen and oxygen atoms in total. The fraction of sp³-hybridized carbons (Fsp3) is 0.400. The lowest BCUT2D eigenvalue weighted by Crippen LogP contribution is -2.31. The fourth-order valence-electron chi connectivity index (χ4n) is 1.04. The van der Waals surface area contributed by atoms with Crippen LogP contribution in [0.15, 0.2) is 24.5 Å². The summed E-state index contributed by atoms with van der Waals surface area (Å²) in [6.45, 7) is 3.73. The molecule has 1 aromatic rings. The number of nitrogens with zero attached hydrogens (tertiary/aromatic N) is 1. The Morgan fingerprint density at radius 1 is 1.57 bits per heavy atom. The third kappa shape index (κ3) is 3.10. The quantitative estimate of drug-likeness (QED) is 0.842. The van der Waals surface area contributed by atoms with E-state index in [1.807, 2.05) is 19.1 Å². The third-order valence-electron chi connectivity index (χ3n) is 1.90. The second kappa shape index (κ2) is 5.10. The van der Waals surface area contributed by atoms with Gasteiger partial charge < -0.3 is 5.32 Å². The van der Waals surface area contributed by atoms with Crippen molar-refractivity contribution in [1.29, 1.82) is 0 Å². The summed E-state index contributed by atoms with van der Waals surface area (Å²) in [4.78, 5) is 15.2. The predicted octanol–water partition coefficient (Wildman–Crippen LogP) is 2.04. The van der Waals surface area contributed by atoms with Crippen molar-refractivity contribution >= 4 is 21.8 Å². The molecular weight excluding hydrogens is 244 g/mol. The van der Waals surface area contributed by atoms with Crippen LogP contribution in [0.1, 0.15) is 25.5 Å². The molecule has 76 valence electrons. The molecule has 2 atom stereocenters. The highest BCUT2D eigenvalue weighted by Gasteiger charge is 2.12. The lowest BCUT2D eigenvalue weighted by Gasteiger charge is -2.14. The van der Waals surface area contributed by atoms with Crippen LogP contribution in [0.2, 0.25) is 0 Å². The predicted molar refractivity (Wildman–Crippen MR) is 59.2 cm³/mol. The van der Waals surface area contributed by atoms with Gasteiger partial charge >= 0.3 is 0 Å². The van der Waals surface area contributed by atoms with Gasteiger partial charge in [-0.05, 0) is 25.5 Å². The van der Waals surface area contributed by atoms with Crippen LogP contribution in [0.4, 0.5) is 0 Å². The molecule has 0 aliphatic heterocycles. The minimum absolute atomic E-state index is 0.00352. The van der Waals surface area contributed by atoms with Crippen molar-refractivity contribution < 1.29 is 4.79 Å². The van der Waals surface area contributed by atoms with Gasteiger partial charge in [-0.25, -0.2) is 0 Å². The van der Waals surface area contributed by atoms with Gasteiger partial charge in [-0.2, -0.15) is 0 Å². The Bertz CT molecular complexity index is 300. The fourth-order valence-corrected chi connectivity index (χ4v) is 1.18. The Labute approximate surface area is 92.1 Å². The molecule has 14 heavy (non-hydrogen) atoms. The normalized spacial score (nSPS) is 14.5. The smallest absolute Gasteiger partial charge is 0.233 e. The lowest BCUT2D eigenvalue weighted by atomic mass is 10.1. The van der Waals surface area contributed by atoms with E-state index in [0.717, 1.165) is 5.56 Å². The van der Waals surface area contributed by atoms with E-state index in [9.17, 15) is 4.79 Å². The van der Waals surface area contributed by atoms with Crippen molar-refractivity contribution in [1.82, 2.24) is 10.3 Å². The van der Waals surface area contributed by atoms with Crippen molar-refractivity contribution in [2.45, 2.75) is 24.7 Å². The van der Waals surface area contributed by atoms with Crippen LogP contribution in [0, 0.1) is 0 Å². The molecule has 0 saturated heterocycles. The zero-order chi connectivity index (χ0) is 10.6. The van der Waals surface area contributed by atoms with E-state index in [2.05, 4.69) is 26.2 Å². The van der Waals surface area contributed by atoms with Crippen molar-refractivity contribution in [2.75, 3.05) is 0 Å². The average Bonchev–Trinajstić information content (AvgIpc) is 2.19. The molecule has 0 bridgehead atoms. The van der Waals surface area contributed by atoms with E-state index in [4.69, 9.17) is 0 Å². The van der Waals surface area contributed by atoms with E-state index in [1.54, 1.807) is 19.3 Å². The molecule has 1 unspecified atom stereocenters. The molecule has 4 heteroatoms. The SMILES string of the molecule is CC(Br)C(=O)N[C@@H](C)c1cccnc1. The Morgan fingerprint density at radius 2 is 2.29 bits per heavy atom. The van der Waals surface area contributed by atoms with Crippen molar-refractivity contribution in [3.63, 3.8) is 0 Å². The Kier molecular flexibility index (Phi) is 4.07. The van der Waals surface area contributed by atoms with Crippen molar-refractivity contribution in [3.8, 4) is 0 Å². The highest BCUT2D eigenvalue weighted by Crippen LogP contribution is 2.10. The number of hydrogen-bond donors (Lipinski definition) is 1. The number of carbonyl (C=O) groups excluding carboxylic acids is 1. The van der Waals surface area contributed by atoms with Gasteiger partial charge in [0.2, 0.25) is 5.91 Å². The maximum Gasteiger partial charge on any atom is 0.233 e. The van der Waals surface area contributed by atoms with Crippen molar-refractivity contribution in [2.24, 2.45) is 0 Å². The monoisotopic (exact) mass is 256 g/mol. The molecule has 1 heterocycles. The summed E-state index contributed by atoms with van der Waals surface area (Å²) < 4.78 is 0. The Morgan fingerprint density at radius 3 is 2.79 bits per heavy atom. The largest absolute Gasteiger partial charge is 0.349 e. The van der Waals surface area contributed by atoms with Gasteiger partial charge in [-0.15, -0.1) is 0 Å². The number of alkyl halides is 1.